The monoisotopic (exact) mass is 290 g/mol. The minimum atomic E-state index is -0.00498. The van der Waals surface area contributed by atoms with Gasteiger partial charge in [0.25, 0.3) is 0 Å². The molecule has 1 unspecified atom stereocenters. The predicted molar refractivity (Wildman–Crippen MR) is 84.6 cm³/mol. The molecule has 0 aliphatic carbocycles. The number of benzene rings is 1. The van der Waals surface area contributed by atoms with Crippen LogP contribution in [0.2, 0.25) is 0 Å². The number of likely N-dealkylation sites (tertiary alicyclic amines) is 1. The molecular formula is C17H26N2O2. The maximum absolute atomic E-state index is 12.4. The number of piperidine rings is 1. The van der Waals surface area contributed by atoms with Crippen LogP contribution in [0.1, 0.15) is 32.3 Å². The summed E-state index contributed by atoms with van der Waals surface area (Å²) in [6.45, 7) is 5.85. The fourth-order valence-electron chi connectivity index (χ4n) is 2.78. The Bertz CT molecular complexity index is 456. The summed E-state index contributed by atoms with van der Waals surface area (Å²) >= 11 is 0. The van der Waals surface area contributed by atoms with E-state index in [0.717, 1.165) is 38.1 Å². The third kappa shape index (κ3) is 4.46. The molecule has 2 rings (SSSR count). The molecule has 1 fully saturated rings. The second-order valence-electron chi connectivity index (χ2n) is 5.94. The summed E-state index contributed by atoms with van der Waals surface area (Å²) in [5.41, 5.74) is 1.24. The first kappa shape index (κ1) is 15.8. The third-order valence-corrected chi connectivity index (χ3v) is 3.89. The first-order chi connectivity index (χ1) is 10.1. The molecule has 1 atom stereocenters. The first-order valence-corrected chi connectivity index (χ1v) is 7.78. The molecule has 0 spiro atoms. The van der Waals surface area contributed by atoms with Crippen molar-refractivity contribution in [3.05, 3.63) is 29.8 Å². The Morgan fingerprint density at radius 1 is 1.33 bits per heavy atom. The molecule has 4 nitrogen and oxygen atoms in total. The zero-order chi connectivity index (χ0) is 15.2. The van der Waals surface area contributed by atoms with Crippen LogP contribution in [0.3, 0.4) is 0 Å². The predicted octanol–water partition coefficient (Wildman–Crippen LogP) is 2.23. The standard InChI is InChI=1S/C17H26N2O2/c1-13(2)18-16-5-4-11-19(17(16)20)12-10-14-6-8-15(21-3)9-7-14/h6-9,13,16,18H,4-5,10-12H2,1-3H3. The van der Waals surface area contributed by atoms with Crippen LogP contribution in [0.15, 0.2) is 24.3 Å². The van der Waals surface area contributed by atoms with Crippen LogP contribution in [-0.2, 0) is 11.2 Å². The van der Waals surface area contributed by atoms with E-state index in [1.807, 2.05) is 17.0 Å². The molecule has 0 aromatic heterocycles. The lowest BCUT2D eigenvalue weighted by Crippen LogP contribution is -2.52. The Morgan fingerprint density at radius 2 is 2.05 bits per heavy atom. The minimum absolute atomic E-state index is 0.00498. The average molecular weight is 290 g/mol. The van der Waals surface area contributed by atoms with Gasteiger partial charge in [0.1, 0.15) is 5.75 Å². The van der Waals surface area contributed by atoms with Crippen molar-refractivity contribution in [2.24, 2.45) is 0 Å². The molecule has 1 heterocycles. The van der Waals surface area contributed by atoms with Gasteiger partial charge in [0.05, 0.1) is 13.2 Å². The van der Waals surface area contributed by atoms with Gasteiger partial charge in [-0.3, -0.25) is 4.79 Å². The van der Waals surface area contributed by atoms with Crippen molar-refractivity contribution < 1.29 is 9.53 Å². The van der Waals surface area contributed by atoms with E-state index in [1.165, 1.54) is 5.56 Å². The summed E-state index contributed by atoms with van der Waals surface area (Å²) < 4.78 is 5.16. The molecule has 1 aliphatic rings. The summed E-state index contributed by atoms with van der Waals surface area (Å²) in [5.74, 6) is 1.12. The lowest BCUT2D eigenvalue weighted by Gasteiger charge is -2.33. The Labute approximate surface area is 127 Å². The average Bonchev–Trinajstić information content (AvgIpc) is 2.48. The summed E-state index contributed by atoms with van der Waals surface area (Å²) in [5, 5.41) is 3.37. The van der Waals surface area contributed by atoms with E-state index < -0.39 is 0 Å². The molecule has 1 N–H and O–H groups in total. The van der Waals surface area contributed by atoms with E-state index in [9.17, 15) is 4.79 Å². The number of hydrogen-bond donors (Lipinski definition) is 1. The van der Waals surface area contributed by atoms with Crippen LogP contribution in [0, 0.1) is 0 Å². The molecule has 1 amide bonds. The van der Waals surface area contributed by atoms with Gasteiger partial charge in [0.2, 0.25) is 5.91 Å². The number of rotatable bonds is 6. The number of ether oxygens (including phenoxy) is 1. The molecule has 0 bridgehead atoms. The molecule has 1 saturated heterocycles. The smallest absolute Gasteiger partial charge is 0.239 e. The van der Waals surface area contributed by atoms with Crippen molar-refractivity contribution in [3.8, 4) is 5.75 Å². The number of carbonyl (C=O) groups excluding carboxylic acids is 1. The molecule has 4 heteroatoms. The van der Waals surface area contributed by atoms with Crippen molar-refractivity contribution in [3.63, 3.8) is 0 Å². The maximum Gasteiger partial charge on any atom is 0.239 e. The van der Waals surface area contributed by atoms with Gasteiger partial charge in [-0.1, -0.05) is 26.0 Å². The first-order valence-electron chi connectivity index (χ1n) is 7.78. The number of amides is 1. The highest BCUT2D eigenvalue weighted by Gasteiger charge is 2.28. The van der Waals surface area contributed by atoms with Gasteiger partial charge in [-0.25, -0.2) is 0 Å². The van der Waals surface area contributed by atoms with Crippen LogP contribution >= 0.6 is 0 Å². The second-order valence-corrected chi connectivity index (χ2v) is 5.94. The van der Waals surface area contributed by atoms with Gasteiger partial charge >= 0.3 is 0 Å². The van der Waals surface area contributed by atoms with E-state index in [1.54, 1.807) is 7.11 Å². The van der Waals surface area contributed by atoms with Crippen LogP contribution in [0.5, 0.6) is 5.75 Å². The normalized spacial score (nSPS) is 19.1. The van der Waals surface area contributed by atoms with E-state index in [4.69, 9.17) is 4.74 Å². The van der Waals surface area contributed by atoms with Crippen molar-refractivity contribution in [2.75, 3.05) is 20.2 Å². The van der Waals surface area contributed by atoms with Crippen molar-refractivity contribution in [1.29, 1.82) is 0 Å². The van der Waals surface area contributed by atoms with E-state index in [0.29, 0.717) is 6.04 Å². The number of nitrogens with one attached hydrogen (secondary N) is 1. The van der Waals surface area contributed by atoms with Gasteiger partial charge in [0.15, 0.2) is 0 Å². The molecular weight excluding hydrogens is 264 g/mol. The lowest BCUT2D eigenvalue weighted by molar-refractivity contribution is -0.136. The number of hydrogen-bond acceptors (Lipinski definition) is 3. The Morgan fingerprint density at radius 3 is 2.67 bits per heavy atom. The van der Waals surface area contributed by atoms with Crippen molar-refractivity contribution in [1.82, 2.24) is 10.2 Å². The summed E-state index contributed by atoms with van der Waals surface area (Å²) in [4.78, 5) is 14.4. The Balaban J connectivity index is 1.87. The maximum atomic E-state index is 12.4. The topological polar surface area (TPSA) is 41.6 Å². The SMILES string of the molecule is COc1ccc(CCN2CCCC(NC(C)C)C2=O)cc1. The quantitative estimate of drug-likeness (QED) is 0.873. The summed E-state index contributed by atoms with van der Waals surface area (Å²) in [6.07, 6.45) is 2.93. The Kier molecular flexibility index (Phi) is 5.62. The molecule has 1 aliphatic heterocycles. The lowest BCUT2D eigenvalue weighted by atomic mass is 10.0. The van der Waals surface area contributed by atoms with Crippen LogP contribution in [-0.4, -0.2) is 43.1 Å². The highest BCUT2D eigenvalue weighted by atomic mass is 16.5. The molecule has 1 aromatic carbocycles. The molecule has 116 valence electrons. The highest BCUT2D eigenvalue weighted by molar-refractivity contribution is 5.82. The van der Waals surface area contributed by atoms with Gasteiger partial charge < -0.3 is 15.0 Å². The molecule has 21 heavy (non-hydrogen) atoms. The van der Waals surface area contributed by atoms with E-state index in [2.05, 4.69) is 31.3 Å². The summed E-state index contributed by atoms with van der Waals surface area (Å²) in [7, 11) is 1.67. The van der Waals surface area contributed by atoms with Crippen LogP contribution < -0.4 is 10.1 Å². The molecule has 0 radical (unpaired) electrons. The number of carbonyl (C=O) groups is 1. The van der Waals surface area contributed by atoms with Gasteiger partial charge in [-0.05, 0) is 37.0 Å². The Hall–Kier alpha value is -1.55. The summed E-state index contributed by atoms with van der Waals surface area (Å²) in [6, 6.07) is 8.41. The van der Waals surface area contributed by atoms with Crippen LogP contribution in [0.25, 0.3) is 0 Å². The van der Waals surface area contributed by atoms with Crippen LogP contribution in [0.4, 0.5) is 0 Å². The number of methoxy groups -OCH3 is 1. The van der Waals surface area contributed by atoms with E-state index in [-0.39, 0.29) is 11.9 Å². The van der Waals surface area contributed by atoms with Crippen molar-refractivity contribution >= 4 is 5.91 Å². The van der Waals surface area contributed by atoms with Gasteiger partial charge in [-0.15, -0.1) is 0 Å². The van der Waals surface area contributed by atoms with Gasteiger partial charge in [-0.2, -0.15) is 0 Å². The zero-order valence-electron chi connectivity index (χ0n) is 13.3. The zero-order valence-corrected chi connectivity index (χ0v) is 13.3. The number of nitrogens with zero attached hydrogens (tertiary/aromatic N) is 1. The van der Waals surface area contributed by atoms with E-state index >= 15 is 0 Å². The minimum Gasteiger partial charge on any atom is -0.497 e. The fraction of sp³-hybridized carbons (Fsp3) is 0.588. The highest BCUT2D eigenvalue weighted by Crippen LogP contribution is 2.15. The molecule has 1 aromatic rings. The fourth-order valence-corrected chi connectivity index (χ4v) is 2.78. The third-order valence-electron chi connectivity index (χ3n) is 3.89. The van der Waals surface area contributed by atoms with Gasteiger partial charge in [0, 0.05) is 19.1 Å². The largest absolute Gasteiger partial charge is 0.497 e. The molecule has 0 saturated carbocycles. The van der Waals surface area contributed by atoms with Crippen molar-refractivity contribution in [2.45, 2.75) is 45.2 Å². The second kappa shape index (κ2) is 7.46.